The molecule has 6 heteroatoms. The minimum absolute atomic E-state index is 0.00903. The van der Waals surface area contributed by atoms with Gasteiger partial charge >= 0.3 is 5.97 Å². The Hall–Kier alpha value is -1.82. The van der Waals surface area contributed by atoms with E-state index in [-0.39, 0.29) is 11.9 Å². The van der Waals surface area contributed by atoms with Crippen LogP contribution in [0.15, 0.2) is 12.1 Å². The molecule has 6 nitrogen and oxygen atoms in total. The van der Waals surface area contributed by atoms with Gasteiger partial charge in [-0.25, -0.2) is 4.79 Å². The lowest BCUT2D eigenvalue weighted by Gasteiger charge is -2.17. The fourth-order valence-electron chi connectivity index (χ4n) is 1.51. The van der Waals surface area contributed by atoms with Crippen molar-refractivity contribution in [1.29, 1.82) is 0 Å². The molecule has 0 saturated carbocycles. The minimum atomic E-state index is -0.404. The van der Waals surface area contributed by atoms with Gasteiger partial charge in [0.1, 0.15) is 5.69 Å². The number of rotatable bonds is 5. The third kappa shape index (κ3) is 3.59. The molecule has 1 amide bonds. The van der Waals surface area contributed by atoms with Crippen molar-refractivity contribution in [3.8, 4) is 0 Å². The molecule has 0 fully saturated rings. The van der Waals surface area contributed by atoms with E-state index in [0.717, 1.165) is 5.69 Å². The van der Waals surface area contributed by atoms with Crippen molar-refractivity contribution in [1.82, 2.24) is 15.2 Å². The number of amides is 1. The Bertz CT molecular complexity index is 426. The van der Waals surface area contributed by atoms with Crippen molar-refractivity contribution < 1.29 is 14.3 Å². The molecular weight excluding hydrogens is 234 g/mol. The van der Waals surface area contributed by atoms with Crippen LogP contribution in [0.25, 0.3) is 0 Å². The molecule has 0 bridgehead atoms. The van der Waals surface area contributed by atoms with Gasteiger partial charge in [0.25, 0.3) is 0 Å². The molecule has 0 aliphatic heterocycles. The number of methoxy groups -OCH3 is 1. The Balaban J connectivity index is 2.51. The standard InChI is InChI=1S/C12H19N3O3/c1-8(11(16)15(2)3)13-7-9-5-6-10(14-9)12(17)18-4/h5-6,8,13-14H,7H2,1-4H3. The van der Waals surface area contributed by atoms with E-state index in [9.17, 15) is 9.59 Å². The van der Waals surface area contributed by atoms with Crippen molar-refractivity contribution in [2.24, 2.45) is 0 Å². The molecule has 0 radical (unpaired) electrons. The average Bonchev–Trinajstić information content (AvgIpc) is 2.82. The van der Waals surface area contributed by atoms with Crippen LogP contribution in [0.2, 0.25) is 0 Å². The van der Waals surface area contributed by atoms with E-state index in [0.29, 0.717) is 12.2 Å². The molecule has 0 spiro atoms. The first-order chi connectivity index (χ1) is 8.45. The molecule has 1 aromatic rings. The molecule has 1 aromatic heterocycles. The van der Waals surface area contributed by atoms with Crippen molar-refractivity contribution in [2.75, 3.05) is 21.2 Å². The number of carbonyl (C=O) groups excluding carboxylic acids is 2. The largest absolute Gasteiger partial charge is 0.464 e. The number of esters is 1. The van der Waals surface area contributed by atoms with Crippen LogP contribution in [0.4, 0.5) is 0 Å². The second-order valence-electron chi connectivity index (χ2n) is 4.22. The quantitative estimate of drug-likeness (QED) is 0.743. The van der Waals surface area contributed by atoms with Crippen molar-refractivity contribution in [2.45, 2.75) is 19.5 Å². The molecule has 0 aromatic carbocycles. The van der Waals surface area contributed by atoms with Gasteiger partial charge in [0.2, 0.25) is 5.91 Å². The zero-order valence-corrected chi connectivity index (χ0v) is 11.1. The lowest BCUT2D eigenvalue weighted by molar-refractivity contribution is -0.130. The summed E-state index contributed by atoms with van der Waals surface area (Å²) in [4.78, 5) is 27.3. The number of H-pyrrole nitrogens is 1. The van der Waals surface area contributed by atoms with Crippen LogP contribution < -0.4 is 5.32 Å². The zero-order chi connectivity index (χ0) is 13.7. The van der Waals surface area contributed by atoms with E-state index in [2.05, 4.69) is 15.0 Å². The van der Waals surface area contributed by atoms with E-state index in [4.69, 9.17) is 0 Å². The first-order valence-electron chi connectivity index (χ1n) is 5.66. The second-order valence-corrected chi connectivity index (χ2v) is 4.22. The molecule has 1 heterocycles. The van der Waals surface area contributed by atoms with Crippen LogP contribution >= 0.6 is 0 Å². The molecule has 1 rings (SSSR count). The highest BCUT2D eigenvalue weighted by atomic mass is 16.5. The van der Waals surface area contributed by atoms with Gasteiger partial charge in [-0.1, -0.05) is 0 Å². The number of likely N-dealkylation sites (N-methyl/N-ethyl adjacent to an activating group) is 1. The third-order valence-corrected chi connectivity index (χ3v) is 2.56. The smallest absolute Gasteiger partial charge is 0.354 e. The molecule has 2 N–H and O–H groups in total. The van der Waals surface area contributed by atoms with E-state index in [1.54, 1.807) is 33.2 Å². The summed E-state index contributed by atoms with van der Waals surface area (Å²) in [7, 11) is 4.76. The van der Waals surface area contributed by atoms with Gasteiger partial charge < -0.3 is 19.9 Å². The Labute approximate surface area is 106 Å². The second kappa shape index (κ2) is 6.20. The van der Waals surface area contributed by atoms with Crippen LogP contribution in [0.5, 0.6) is 0 Å². The molecule has 18 heavy (non-hydrogen) atoms. The summed E-state index contributed by atoms with van der Waals surface area (Å²) in [5.74, 6) is -0.395. The van der Waals surface area contributed by atoms with Crippen LogP contribution in [0.3, 0.4) is 0 Å². The number of ether oxygens (including phenoxy) is 1. The van der Waals surface area contributed by atoms with Gasteiger partial charge in [-0.3, -0.25) is 4.79 Å². The number of nitrogens with zero attached hydrogens (tertiary/aromatic N) is 1. The summed E-state index contributed by atoms with van der Waals surface area (Å²) in [5.41, 5.74) is 1.23. The Morgan fingerprint density at radius 1 is 1.44 bits per heavy atom. The third-order valence-electron chi connectivity index (χ3n) is 2.56. The van der Waals surface area contributed by atoms with Gasteiger partial charge in [-0.05, 0) is 19.1 Å². The number of nitrogens with one attached hydrogen (secondary N) is 2. The first kappa shape index (κ1) is 14.2. The Morgan fingerprint density at radius 3 is 2.67 bits per heavy atom. The molecule has 0 saturated heterocycles. The van der Waals surface area contributed by atoms with Crippen molar-refractivity contribution in [3.05, 3.63) is 23.5 Å². The SMILES string of the molecule is COC(=O)c1ccc(CNC(C)C(=O)N(C)C)[nH]1. The topological polar surface area (TPSA) is 74.4 Å². The zero-order valence-electron chi connectivity index (χ0n) is 11.1. The number of aromatic amines is 1. The van der Waals surface area contributed by atoms with Gasteiger partial charge in [0, 0.05) is 26.3 Å². The minimum Gasteiger partial charge on any atom is -0.464 e. The van der Waals surface area contributed by atoms with Gasteiger partial charge in [-0.2, -0.15) is 0 Å². The van der Waals surface area contributed by atoms with E-state index >= 15 is 0 Å². The van der Waals surface area contributed by atoms with E-state index in [1.807, 2.05) is 0 Å². The predicted octanol–water partition coefficient (Wildman–Crippen LogP) is 0.368. The highest BCUT2D eigenvalue weighted by Crippen LogP contribution is 2.03. The molecule has 100 valence electrons. The number of hydrogen-bond acceptors (Lipinski definition) is 4. The Morgan fingerprint density at radius 2 is 2.11 bits per heavy atom. The summed E-state index contributed by atoms with van der Waals surface area (Å²) in [5, 5.41) is 3.08. The first-order valence-corrected chi connectivity index (χ1v) is 5.66. The predicted molar refractivity (Wildman–Crippen MR) is 67.1 cm³/mol. The van der Waals surface area contributed by atoms with Gasteiger partial charge in [-0.15, -0.1) is 0 Å². The maximum Gasteiger partial charge on any atom is 0.354 e. The molecule has 1 atom stereocenters. The summed E-state index contributed by atoms with van der Waals surface area (Å²) in [6.07, 6.45) is 0. The fraction of sp³-hybridized carbons (Fsp3) is 0.500. The fourth-order valence-corrected chi connectivity index (χ4v) is 1.51. The van der Waals surface area contributed by atoms with Crippen LogP contribution in [0, 0.1) is 0 Å². The van der Waals surface area contributed by atoms with E-state index < -0.39 is 5.97 Å². The average molecular weight is 253 g/mol. The summed E-state index contributed by atoms with van der Waals surface area (Å²) in [6.45, 7) is 2.28. The van der Waals surface area contributed by atoms with Gasteiger partial charge in [0.15, 0.2) is 0 Å². The molecule has 1 unspecified atom stereocenters. The highest BCUT2D eigenvalue weighted by molar-refractivity contribution is 5.87. The highest BCUT2D eigenvalue weighted by Gasteiger charge is 2.14. The van der Waals surface area contributed by atoms with Crippen molar-refractivity contribution in [3.63, 3.8) is 0 Å². The number of aromatic nitrogens is 1. The maximum absolute atomic E-state index is 11.6. The molecular formula is C12H19N3O3. The number of carbonyl (C=O) groups is 2. The lowest BCUT2D eigenvalue weighted by Crippen LogP contribution is -2.41. The van der Waals surface area contributed by atoms with Gasteiger partial charge in [0.05, 0.1) is 13.2 Å². The normalized spacial score (nSPS) is 12.0. The van der Waals surface area contributed by atoms with Crippen LogP contribution in [-0.4, -0.2) is 49.0 Å². The van der Waals surface area contributed by atoms with Crippen LogP contribution in [0.1, 0.15) is 23.1 Å². The van der Waals surface area contributed by atoms with Crippen molar-refractivity contribution >= 4 is 11.9 Å². The van der Waals surface area contributed by atoms with E-state index in [1.165, 1.54) is 12.0 Å². The van der Waals surface area contributed by atoms with Crippen LogP contribution in [-0.2, 0) is 16.1 Å². The number of hydrogen-bond donors (Lipinski definition) is 2. The maximum atomic E-state index is 11.6. The molecule has 0 aliphatic rings. The summed E-state index contributed by atoms with van der Waals surface area (Å²) >= 11 is 0. The monoisotopic (exact) mass is 253 g/mol. The summed E-state index contributed by atoms with van der Waals surface area (Å²) < 4.78 is 4.59. The lowest BCUT2D eigenvalue weighted by atomic mass is 10.3. The summed E-state index contributed by atoms with van der Waals surface area (Å²) in [6, 6.07) is 3.16. The Kier molecular flexibility index (Phi) is 4.91. The molecule has 0 aliphatic carbocycles.